The van der Waals surface area contributed by atoms with Crippen molar-refractivity contribution in [3.05, 3.63) is 29.3 Å². The Bertz CT molecular complexity index is 706. The normalized spacial score (nSPS) is 14.8. The minimum atomic E-state index is -0.936. The fourth-order valence-corrected chi connectivity index (χ4v) is 3.23. The van der Waals surface area contributed by atoms with Crippen LogP contribution in [0, 0.1) is 11.8 Å². The van der Waals surface area contributed by atoms with Crippen LogP contribution >= 0.6 is 11.6 Å². The molecule has 0 bridgehead atoms. The summed E-state index contributed by atoms with van der Waals surface area (Å²) in [5, 5.41) is 3.13. The van der Waals surface area contributed by atoms with Gasteiger partial charge in [0, 0.05) is 23.9 Å². The summed E-state index contributed by atoms with van der Waals surface area (Å²) in [6.07, 6.45) is 3.73. The van der Waals surface area contributed by atoms with Gasteiger partial charge in [-0.15, -0.1) is 0 Å². The van der Waals surface area contributed by atoms with Crippen LogP contribution in [0.2, 0.25) is 5.02 Å². The predicted molar refractivity (Wildman–Crippen MR) is 112 cm³/mol. The molecule has 1 unspecified atom stereocenters. The van der Waals surface area contributed by atoms with Crippen molar-refractivity contribution in [3.63, 3.8) is 0 Å². The largest absolute Gasteiger partial charge is 1.00 e. The Balaban J connectivity index is 0.00000480. The first-order chi connectivity index (χ1) is 14.3. The van der Waals surface area contributed by atoms with Crippen molar-refractivity contribution < 1.29 is 58.2 Å². The van der Waals surface area contributed by atoms with Gasteiger partial charge in [-0.3, -0.25) is 9.59 Å². The summed E-state index contributed by atoms with van der Waals surface area (Å²) in [6, 6.07) is 6.48. The molecule has 1 aromatic rings. The molecular weight excluding hydrogens is 433 g/mol. The number of hydrogen-bond acceptors (Lipinski definition) is 6. The smallest absolute Gasteiger partial charge is 0.427 e. The summed E-state index contributed by atoms with van der Waals surface area (Å²) in [4.78, 5) is 36.2. The third kappa shape index (κ3) is 10.7. The van der Waals surface area contributed by atoms with E-state index in [0.29, 0.717) is 17.2 Å². The summed E-state index contributed by atoms with van der Waals surface area (Å²) in [5.74, 6) is -0.576. The van der Waals surface area contributed by atoms with Gasteiger partial charge in [0.1, 0.15) is 5.75 Å². The Hall–Kier alpha value is -1.28. The van der Waals surface area contributed by atoms with Crippen molar-refractivity contribution in [3.8, 4) is 5.75 Å². The molecule has 7 nitrogen and oxygen atoms in total. The average molecular weight is 463 g/mol. The van der Waals surface area contributed by atoms with Gasteiger partial charge in [0.25, 0.3) is 6.29 Å². The van der Waals surface area contributed by atoms with Gasteiger partial charge in [-0.25, -0.2) is 4.79 Å². The van der Waals surface area contributed by atoms with Crippen molar-refractivity contribution in [1.82, 2.24) is 5.32 Å². The van der Waals surface area contributed by atoms with Crippen LogP contribution in [0.4, 0.5) is 4.79 Å². The zero-order valence-electron chi connectivity index (χ0n) is 18.5. The van der Waals surface area contributed by atoms with E-state index in [1.54, 1.807) is 24.3 Å². The zero-order valence-corrected chi connectivity index (χ0v) is 21.3. The molecule has 0 radical (unpaired) electrons. The van der Waals surface area contributed by atoms with Crippen LogP contribution in [-0.2, 0) is 19.1 Å². The first-order valence-corrected chi connectivity index (χ1v) is 10.8. The van der Waals surface area contributed by atoms with Crippen molar-refractivity contribution in [1.29, 1.82) is 0 Å². The molecule has 1 saturated carbocycles. The van der Waals surface area contributed by atoms with E-state index < -0.39 is 18.4 Å². The van der Waals surface area contributed by atoms with E-state index in [2.05, 4.69) is 5.32 Å². The quantitative estimate of drug-likeness (QED) is 0.198. The van der Waals surface area contributed by atoms with E-state index in [0.717, 1.165) is 32.1 Å². The number of hydrogen-bond donors (Lipinski definition) is 1. The number of esters is 2. The van der Waals surface area contributed by atoms with Gasteiger partial charge < -0.3 is 19.5 Å². The molecule has 2 rings (SSSR count). The molecule has 0 saturated heterocycles. The van der Waals surface area contributed by atoms with Gasteiger partial charge >= 0.3 is 47.6 Å². The van der Waals surface area contributed by atoms with Crippen molar-refractivity contribution in [2.24, 2.45) is 11.8 Å². The Labute approximate surface area is 210 Å². The first-order valence-electron chi connectivity index (χ1n) is 10.5. The van der Waals surface area contributed by atoms with Crippen LogP contribution in [0.3, 0.4) is 0 Å². The number of carbonyl (C=O) groups excluding carboxylic acids is 3. The molecule has 166 valence electrons. The molecule has 0 aromatic heterocycles. The fraction of sp³-hybridized carbons (Fsp3) is 0.591. The van der Waals surface area contributed by atoms with Crippen LogP contribution in [0.15, 0.2) is 24.3 Å². The average Bonchev–Trinajstić information content (AvgIpc) is 2.73. The molecule has 1 aliphatic rings. The van der Waals surface area contributed by atoms with Crippen LogP contribution in [0.1, 0.15) is 58.8 Å². The number of amides is 1. The first kappa shape index (κ1) is 27.8. The van der Waals surface area contributed by atoms with Crippen LogP contribution in [0.25, 0.3) is 0 Å². The molecule has 0 aliphatic heterocycles. The van der Waals surface area contributed by atoms with Crippen LogP contribution < -0.4 is 39.6 Å². The predicted octanol–water partition coefficient (Wildman–Crippen LogP) is 1.86. The molecule has 1 fully saturated rings. The van der Waals surface area contributed by atoms with Crippen LogP contribution in [0.5, 0.6) is 5.75 Å². The second-order valence-corrected chi connectivity index (χ2v) is 8.18. The van der Waals surface area contributed by atoms with Gasteiger partial charge in [-0.1, -0.05) is 44.7 Å². The van der Waals surface area contributed by atoms with E-state index in [-0.39, 0.29) is 60.3 Å². The molecule has 1 atom stereocenters. The van der Waals surface area contributed by atoms with Gasteiger partial charge in [0.15, 0.2) is 0 Å². The summed E-state index contributed by atoms with van der Waals surface area (Å²) < 4.78 is 15.9. The topological polar surface area (TPSA) is 90.9 Å². The molecule has 1 amide bonds. The third-order valence-corrected chi connectivity index (χ3v) is 5.06. The number of benzene rings is 1. The summed E-state index contributed by atoms with van der Waals surface area (Å²) in [6.45, 7) is 3.87. The summed E-state index contributed by atoms with van der Waals surface area (Å²) in [7, 11) is 0. The molecule has 1 aromatic carbocycles. The second kappa shape index (κ2) is 14.7. The molecule has 31 heavy (non-hydrogen) atoms. The fourth-order valence-electron chi connectivity index (χ4n) is 3.10. The Morgan fingerprint density at radius 3 is 2.32 bits per heavy atom. The van der Waals surface area contributed by atoms with E-state index in [9.17, 15) is 14.4 Å². The van der Waals surface area contributed by atoms with E-state index in [1.165, 1.54) is 0 Å². The van der Waals surface area contributed by atoms with E-state index in [4.69, 9.17) is 25.8 Å². The van der Waals surface area contributed by atoms with E-state index in [1.807, 2.05) is 13.8 Å². The molecule has 0 spiro atoms. The van der Waals surface area contributed by atoms with E-state index >= 15 is 0 Å². The zero-order chi connectivity index (χ0) is 21.9. The standard InChI is InChI=1S/C22H30ClNO6.Na/c1-15(2)21(29-20(26)16-7-4-3-5-8-16)30-22(27)24-14-6-9-19(25)28-18-12-10-17(23)11-13-18;/h10-13,15-16,21H,3-9,14H2,1-2H3,(H,24,27);/q;+1. The molecule has 1 N–H and O–H groups in total. The van der Waals surface area contributed by atoms with Crippen LogP contribution in [-0.4, -0.2) is 30.9 Å². The maximum atomic E-state index is 12.3. The maximum Gasteiger partial charge on any atom is 1.00 e. The minimum absolute atomic E-state index is 0. The minimum Gasteiger partial charge on any atom is -0.427 e. The Kier molecular flexibility index (Phi) is 13.2. The molecule has 9 heteroatoms. The summed E-state index contributed by atoms with van der Waals surface area (Å²) in [5.41, 5.74) is 0. The number of nitrogens with one attached hydrogen (secondary N) is 1. The maximum absolute atomic E-state index is 12.3. The van der Waals surface area contributed by atoms with Crippen molar-refractivity contribution in [2.75, 3.05) is 6.54 Å². The third-order valence-electron chi connectivity index (χ3n) is 4.81. The number of alkyl carbamates (subject to hydrolysis) is 1. The number of carbonyl (C=O) groups is 3. The Morgan fingerprint density at radius 2 is 1.71 bits per heavy atom. The summed E-state index contributed by atoms with van der Waals surface area (Å²) >= 11 is 5.78. The van der Waals surface area contributed by atoms with Gasteiger partial charge in [0.05, 0.1) is 5.92 Å². The molecular formula is C22H30ClNNaO6+. The molecule has 0 heterocycles. The molecule has 1 aliphatic carbocycles. The van der Waals surface area contributed by atoms with Crippen molar-refractivity contribution in [2.45, 2.75) is 65.1 Å². The van der Waals surface area contributed by atoms with Gasteiger partial charge in [0.2, 0.25) is 0 Å². The van der Waals surface area contributed by atoms with Gasteiger partial charge in [-0.05, 0) is 43.5 Å². The number of rotatable bonds is 9. The Morgan fingerprint density at radius 1 is 1.06 bits per heavy atom. The number of halogens is 1. The van der Waals surface area contributed by atoms with Gasteiger partial charge in [-0.2, -0.15) is 0 Å². The number of ether oxygens (including phenoxy) is 3. The second-order valence-electron chi connectivity index (χ2n) is 7.75. The SMILES string of the molecule is CC(C)C(OC(=O)NCCCC(=O)Oc1ccc(Cl)cc1)OC(=O)C1CCCCC1.[Na+]. The van der Waals surface area contributed by atoms with Crippen molar-refractivity contribution >= 4 is 29.6 Å². The monoisotopic (exact) mass is 462 g/mol.